The second-order valence-electron chi connectivity index (χ2n) is 4.81. The van der Waals surface area contributed by atoms with E-state index in [9.17, 15) is 0 Å². The monoisotopic (exact) mass is 273 g/mol. The van der Waals surface area contributed by atoms with Crippen LogP contribution in [0.15, 0.2) is 36.0 Å². The highest BCUT2D eigenvalue weighted by molar-refractivity contribution is 5.79. The molecule has 1 aliphatic rings. The molecule has 0 aromatic carbocycles. The lowest BCUT2D eigenvalue weighted by Crippen LogP contribution is -2.36. The first-order chi connectivity index (χ1) is 9.83. The van der Waals surface area contributed by atoms with Crippen LogP contribution in [0.1, 0.15) is 18.4 Å². The van der Waals surface area contributed by atoms with Crippen molar-refractivity contribution in [2.24, 2.45) is 4.99 Å². The molecule has 2 rings (SSSR count). The number of pyridine rings is 1. The van der Waals surface area contributed by atoms with E-state index in [1.54, 1.807) is 13.1 Å². The number of aliphatic imine (C=N–C) groups is 1. The lowest BCUT2D eigenvalue weighted by Gasteiger charge is -2.16. The van der Waals surface area contributed by atoms with E-state index in [4.69, 9.17) is 0 Å². The van der Waals surface area contributed by atoms with Crippen molar-refractivity contribution in [2.75, 3.05) is 31.6 Å². The van der Waals surface area contributed by atoms with Crippen LogP contribution in [0.3, 0.4) is 0 Å². The van der Waals surface area contributed by atoms with Gasteiger partial charge in [-0.1, -0.05) is 12.1 Å². The third-order valence-electron chi connectivity index (χ3n) is 3.34. The summed E-state index contributed by atoms with van der Waals surface area (Å²) in [5.41, 5.74) is 1.15. The van der Waals surface area contributed by atoms with Crippen LogP contribution in [0.25, 0.3) is 0 Å². The SMILES string of the molecule is C=CCNC(=NC)NCc1ccc(N2CCCC2)nc1. The van der Waals surface area contributed by atoms with E-state index in [0.717, 1.165) is 30.4 Å². The van der Waals surface area contributed by atoms with E-state index in [1.165, 1.54) is 12.8 Å². The molecule has 0 amide bonds. The number of hydrogen-bond donors (Lipinski definition) is 2. The van der Waals surface area contributed by atoms with Gasteiger partial charge in [0.15, 0.2) is 5.96 Å². The first kappa shape index (κ1) is 14.4. The predicted octanol–water partition coefficient (Wildman–Crippen LogP) is 1.53. The van der Waals surface area contributed by atoms with Crippen molar-refractivity contribution >= 4 is 11.8 Å². The van der Waals surface area contributed by atoms with Gasteiger partial charge >= 0.3 is 0 Å². The van der Waals surface area contributed by atoms with Crippen LogP contribution in [-0.2, 0) is 6.54 Å². The predicted molar refractivity (Wildman–Crippen MR) is 84.1 cm³/mol. The standard InChI is InChI=1S/C15H23N5/c1-3-8-17-15(16-2)19-12-13-6-7-14(18-11-13)20-9-4-5-10-20/h3,6-7,11H,1,4-5,8-10,12H2,2H3,(H2,16,17,19). The van der Waals surface area contributed by atoms with Gasteiger partial charge in [-0.2, -0.15) is 0 Å². The number of nitrogens with zero attached hydrogens (tertiary/aromatic N) is 3. The van der Waals surface area contributed by atoms with Crippen LogP contribution in [0.5, 0.6) is 0 Å². The molecule has 0 saturated carbocycles. The van der Waals surface area contributed by atoms with Crippen LogP contribution >= 0.6 is 0 Å². The van der Waals surface area contributed by atoms with Gasteiger partial charge in [-0.3, -0.25) is 4.99 Å². The fourth-order valence-electron chi connectivity index (χ4n) is 2.23. The lowest BCUT2D eigenvalue weighted by molar-refractivity contribution is 0.840. The van der Waals surface area contributed by atoms with Gasteiger partial charge < -0.3 is 15.5 Å². The summed E-state index contributed by atoms with van der Waals surface area (Å²) in [6.45, 7) is 7.34. The third kappa shape index (κ3) is 3.98. The van der Waals surface area contributed by atoms with Crippen LogP contribution in [-0.4, -0.2) is 37.6 Å². The number of rotatable bonds is 5. The van der Waals surface area contributed by atoms with E-state index in [1.807, 2.05) is 6.20 Å². The van der Waals surface area contributed by atoms with E-state index in [0.29, 0.717) is 13.1 Å². The highest BCUT2D eigenvalue weighted by Crippen LogP contribution is 2.17. The molecule has 0 unspecified atom stereocenters. The maximum Gasteiger partial charge on any atom is 0.191 e. The zero-order valence-corrected chi connectivity index (χ0v) is 12.1. The zero-order valence-electron chi connectivity index (χ0n) is 12.1. The molecule has 2 N–H and O–H groups in total. The molecule has 1 aromatic heterocycles. The van der Waals surface area contributed by atoms with Crippen LogP contribution in [0.4, 0.5) is 5.82 Å². The second kappa shape index (κ2) is 7.53. The summed E-state index contributed by atoms with van der Waals surface area (Å²) < 4.78 is 0. The molecule has 1 saturated heterocycles. The van der Waals surface area contributed by atoms with E-state index < -0.39 is 0 Å². The third-order valence-corrected chi connectivity index (χ3v) is 3.34. The van der Waals surface area contributed by atoms with Crippen molar-refractivity contribution in [3.05, 3.63) is 36.5 Å². The maximum atomic E-state index is 4.54. The summed E-state index contributed by atoms with van der Waals surface area (Å²) in [5.74, 6) is 1.86. The molecule has 1 fully saturated rings. The van der Waals surface area contributed by atoms with Gasteiger partial charge in [-0.15, -0.1) is 6.58 Å². The van der Waals surface area contributed by atoms with Crippen molar-refractivity contribution < 1.29 is 0 Å². The van der Waals surface area contributed by atoms with E-state index in [2.05, 4.69) is 44.2 Å². The molecule has 2 heterocycles. The minimum Gasteiger partial charge on any atom is -0.357 e. The Morgan fingerprint density at radius 1 is 1.40 bits per heavy atom. The van der Waals surface area contributed by atoms with Crippen molar-refractivity contribution in [3.8, 4) is 0 Å². The Labute approximate surface area is 120 Å². The van der Waals surface area contributed by atoms with Crippen LogP contribution < -0.4 is 15.5 Å². The zero-order chi connectivity index (χ0) is 14.2. The Kier molecular flexibility index (Phi) is 5.41. The molecule has 108 valence electrons. The Morgan fingerprint density at radius 2 is 2.20 bits per heavy atom. The quantitative estimate of drug-likeness (QED) is 0.485. The normalized spacial score (nSPS) is 15.2. The number of hydrogen-bond acceptors (Lipinski definition) is 3. The Balaban J connectivity index is 1.85. The molecule has 1 aliphatic heterocycles. The Morgan fingerprint density at radius 3 is 2.80 bits per heavy atom. The highest BCUT2D eigenvalue weighted by atomic mass is 15.2. The summed E-state index contributed by atoms with van der Waals surface area (Å²) in [5, 5.41) is 6.38. The average molecular weight is 273 g/mol. The Hall–Kier alpha value is -2.04. The lowest BCUT2D eigenvalue weighted by atomic mass is 10.3. The van der Waals surface area contributed by atoms with Crippen molar-refractivity contribution in [1.82, 2.24) is 15.6 Å². The van der Waals surface area contributed by atoms with Gasteiger partial charge in [0.2, 0.25) is 0 Å². The summed E-state index contributed by atoms with van der Waals surface area (Å²) in [7, 11) is 1.76. The first-order valence-corrected chi connectivity index (χ1v) is 7.09. The number of anilines is 1. The Bertz CT molecular complexity index is 446. The smallest absolute Gasteiger partial charge is 0.191 e. The summed E-state index contributed by atoms with van der Waals surface area (Å²) in [4.78, 5) is 11.0. The first-order valence-electron chi connectivity index (χ1n) is 7.09. The molecule has 20 heavy (non-hydrogen) atoms. The molecule has 0 spiro atoms. The molecule has 0 bridgehead atoms. The van der Waals surface area contributed by atoms with Gasteiger partial charge in [0, 0.05) is 39.4 Å². The van der Waals surface area contributed by atoms with Crippen LogP contribution in [0, 0.1) is 0 Å². The minimum atomic E-state index is 0.700. The van der Waals surface area contributed by atoms with Gasteiger partial charge in [-0.05, 0) is 24.5 Å². The molecule has 5 heteroatoms. The number of aromatic nitrogens is 1. The minimum absolute atomic E-state index is 0.700. The van der Waals surface area contributed by atoms with E-state index >= 15 is 0 Å². The summed E-state index contributed by atoms with van der Waals surface area (Å²) in [6, 6.07) is 4.22. The summed E-state index contributed by atoms with van der Waals surface area (Å²) >= 11 is 0. The molecule has 1 aromatic rings. The fourth-order valence-corrected chi connectivity index (χ4v) is 2.23. The molecule has 5 nitrogen and oxygen atoms in total. The largest absolute Gasteiger partial charge is 0.357 e. The van der Waals surface area contributed by atoms with Crippen molar-refractivity contribution in [3.63, 3.8) is 0 Å². The van der Waals surface area contributed by atoms with Gasteiger partial charge in [-0.25, -0.2) is 4.98 Å². The second-order valence-corrected chi connectivity index (χ2v) is 4.81. The molecule has 0 atom stereocenters. The number of nitrogens with one attached hydrogen (secondary N) is 2. The molecule has 0 aliphatic carbocycles. The van der Waals surface area contributed by atoms with Gasteiger partial charge in [0.1, 0.15) is 5.82 Å². The van der Waals surface area contributed by atoms with E-state index in [-0.39, 0.29) is 0 Å². The topological polar surface area (TPSA) is 52.6 Å². The van der Waals surface area contributed by atoms with Gasteiger partial charge in [0.25, 0.3) is 0 Å². The molecular formula is C15H23N5. The number of guanidine groups is 1. The van der Waals surface area contributed by atoms with Crippen LogP contribution in [0.2, 0.25) is 0 Å². The summed E-state index contributed by atoms with van der Waals surface area (Å²) in [6.07, 6.45) is 6.28. The average Bonchev–Trinajstić information content (AvgIpc) is 3.02. The highest BCUT2D eigenvalue weighted by Gasteiger charge is 2.12. The molecule has 0 radical (unpaired) electrons. The fraction of sp³-hybridized carbons (Fsp3) is 0.467. The maximum absolute atomic E-state index is 4.54. The van der Waals surface area contributed by atoms with Crippen molar-refractivity contribution in [2.45, 2.75) is 19.4 Å². The molecular weight excluding hydrogens is 250 g/mol. The van der Waals surface area contributed by atoms with Gasteiger partial charge in [0.05, 0.1) is 0 Å². The van der Waals surface area contributed by atoms with Crippen molar-refractivity contribution in [1.29, 1.82) is 0 Å².